The van der Waals surface area contributed by atoms with E-state index in [2.05, 4.69) is 15.6 Å². The predicted molar refractivity (Wildman–Crippen MR) is 75.9 cm³/mol. The van der Waals surface area contributed by atoms with Gasteiger partial charge in [-0.2, -0.15) is 0 Å². The Hall–Kier alpha value is -2.37. The highest BCUT2D eigenvalue weighted by molar-refractivity contribution is 5.89. The lowest BCUT2D eigenvalue weighted by molar-refractivity contribution is -0.114. The molecule has 1 amide bonds. The molecule has 0 aliphatic carbocycles. The first kappa shape index (κ1) is 14.0. The summed E-state index contributed by atoms with van der Waals surface area (Å²) >= 11 is 0. The van der Waals surface area contributed by atoms with E-state index in [1.54, 1.807) is 18.6 Å². The monoisotopic (exact) mass is 276 g/mol. The standard InChI is InChI=1S/C14H17FN4O/c1-3-19-9-16-7-12(19)8-17-14-6-11(18-10(2)20)4-5-13(14)15/h4-7,9,17H,3,8H2,1-2H3,(H,18,20). The van der Waals surface area contributed by atoms with Crippen LogP contribution in [-0.2, 0) is 17.9 Å². The van der Waals surface area contributed by atoms with Gasteiger partial charge in [0.05, 0.1) is 24.3 Å². The van der Waals surface area contributed by atoms with E-state index < -0.39 is 0 Å². The molecular formula is C14H17FN4O. The second kappa shape index (κ2) is 6.18. The van der Waals surface area contributed by atoms with Crippen LogP contribution in [0.25, 0.3) is 0 Å². The van der Waals surface area contributed by atoms with Gasteiger partial charge in [-0.15, -0.1) is 0 Å². The predicted octanol–water partition coefficient (Wildman–Crippen LogP) is 2.61. The molecule has 106 valence electrons. The number of hydrogen-bond acceptors (Lipinski definition) is 3. The number of nitrogens with one attached hydrogen (secondary N) is 2. The second-order valence-corrected chi connectivity index (χ2v) is 4.40. The first-order valence-electron chi connectivity index (χ1n) is 6.40. The fourth-order valence-corrected chi connectivity index (χ4v) is 1.91. The number of anilines is 2. The van der Waals surface area contributed by atoms with Crippen LogP contribution in [-0.4, -0.2) is 15.5 Å². The van der Waals surface area contributed by atoms with E-state index in [0.29, 0.717) is 17.9 Å². The van der Waals surface area contributed by atoms with Crippen LogP contribution in [0, 0.1) is 5.82 Å². The summed E-state index contributed by atoms with van der Waals surface area (Å²) in [5.41, 5.74) is 1.88. The van der Waals surface area contributed by atoms with Crippen molar-refractivity contribution in [1.82, 2.24) is 9.55 Å². The van der Waals surface area contributed by atoms with E-state index in [1.807, 2.05) is 11.5 Å². The van der Waals surface area contributed by atoms with E-state index in [1.165, 1.54) is 19.1 Å². The fourth-order valence-electron chi connectivity index (χ4n) is 1.91. The molecule has 0 spiro atoms. The molecule has 2 N–H and O–H groups in total. The Kier molecular flexibility index (Phi) is 4.34. The molecule has 1 heterocycles. The van der Waals surface area contributed by atoms with Crippen LogP contribution in [0.4, 0.5) is 15.8 Å². The highest BCUT2D eigenvalue weighted by Gasteiger charge is 2.06. The highest BCUT2D eigenvalue weighted by Crippen LogP contribution is 2.20. The molecular weight excluding hydrogens is 259 g/mol. The van der Waals surface area contributed by atoms with E-state index in [0.717, 1.165) is 12.2 Å². The lowest BCUT2D eigenvalue weighted by atomic mass is 10.2. The number of aryl methyl sites for hydroxylation is 1. The highest BCUT2D eigenvalue weighted by atomic mass is 19.1. The van der Waals surface area contributed by atoms with Crippen molar-refractivity contribution in [1.29, 1.82) is 0 Å². The molecule has 2 rings (SSSR count). The van der Waals surface area contributed by atoms with Crippen molar-refractivity contribution >= 4 is 17.3 Å². The summed E-state index contributed by atoms with van der Waals surface area (Å²) in [5, 5.41) is 5.64. The van der Waals surface area contributed by atoms with Gasteiger partial charge in [-0.1, -0.05) is 0 Å². The van der Waals surface area contributed by atoms with Crippen LogP contribution in [0.15, 0.2) is 30.7 Å². The molecule has 0 aliphatic heterocycles. The summed E-state index contributed by atoms with van der Waals surface area (Å²) in [6.07, 6.45) is 3.48. The molecule has 0 radical (unpaired) electrons. The van der Waals surface area contributed by atoms with Crippen molar-refractivity contribution in [2.75, 3.05) is 10.6 Å². The average molecular weight is 276 g/mol. The molecule has 6 heteroatoms. The maximum Gasteiger partial charge on any atom is 0.221 e. The third-order valence-corrected chi connectivity index (χ3v) is 2.89. The maximum atomic E-state index is 13.7. The zero-order chi connectivity index (χ0) is 14.5. The number of halogens is 1. The number of benzene rings is 1. The van der Waals surface area contributed by atoms with Crippen molar-refractivity contribution in [2.45, 2.75) is 26.9 Å². The number of carbonyl (C=O) groups is 1. The smallest absolute Gasteiger partial charge is 0.221 e. The fraction of sp³-hybridized carbons (Fsp3) is 0.286. The topological polar surface area (TPSA) is 59.0 Å². The molecule has 5 nitrogen and oxygen atoms in total. The van der Waals surface area contributed by atoms with Crippen LogP contribution in [0.2, 0.25) is 0 Å². The zero-order valence-electron chi connectivity index (χ0n) is 11.5. The minimum atomic E-state index is -0.360. The molecule has 1 aromatic heterocycles. The Morgan fingerprint density at radius 1 is 1.45 bits per heavy atom. The number of hydrogen-bond donors (Lipinski definition) is 2. The number of imidazole rings is 1. The lowest BCUT2D eigenvalue weighted by Crippen LogP contribution is -2.09. The minimum absolute atomic E-state index is 0.188. The van der Waals surface area contributed by atoms with Gasteiger partial charge in [-0.3, -0.25) is 4.79 Å². The van der Waals surface area contributed by atoms with Crippen LogP contribution < -0.4 is 10.6 Å². The van der Waals surface area contributed by atoms with Crippen LogP contribution in [0.5, 0.6) is 0 Å². The molecule has 0 atom stereocenters. The normalized spacial score (nSPS) is 10.3. The molecule has 0 aliphatic rings. The zero-order valence-corrected chi connectivity index (χ0v) is 11.5. The van der Waals surface area contributed by atoms with E-state index in [-0.39, 0.29) is 11.7 Å². The average Bonchev–Trinajstić information content (AvgIpc) is 2.86. The van der Waals surface area contributed by atoms with Crippen molar-refractivity contribution in [3.63, 3.8) is 0 Å². The minimum Gasteiger partial charge on any atom is -0.377 e. The Bertz CT molecular complexity index is 609. The summed E-state index contributed by atoms with van der Waals surface area (Å²) in [7, 11) is 0. The summed E-state index contributed by atoms with van der Waals surface area (Å²) in [6.45, 7) is 4.71. The van der Waals surface area contributed by atoms with Gasteiger partial charge in [0.25, 0.3) is 0 Å². The number of nitrogens with zero attached hydrogens (tertiary/aromatic N) is 2. The van der Waals surface area contributed by atoms with Crippen LogP contribution in [0.3, 0.4) is 0 Å². The van der Waals surface area contributed by atoms with E-state index in [4.69, 9.17) is 0 Å². The van der Waals surface area contributed by atoms with Gasteiger partial charge in [0.2, 0.25) is 5.91 Å². The van der Waals surface area contributed by atoms with Crippen LogP contribution >= 0.6 is 0 Å². The van der Waals surface area contributed by atoms with E-state index in [9.17, 15) is 9.18 Å². The Labute approximate surface area is 116 Å². The third-order valence-electron chi connectivity index (χ3n) is 2.89. The van der Waals surface area contributed by atoms with Gasteiger partial charge >= 0.3 is 0 Å². The summed E-state index contributed by atoms with van der Waals surface area (Å²) in [6, 6.07) is 4.42. The van der Waals surface area contributed by atoms with Crippen molar-refractivity contribution in [3.8, 4) is 0 Å². The van der Waals surface area contributed by atoms with Crippen molar-refractivity contribution in [2.24, 2.45) is 0 Å². The number of amides is 1. The number of carbonyl (C=O) groups excluding carboxylic acids is 1. The first-order valence-corrected chi connectivity index (χ1v) is 6.40. The molecule has 0 bridgehead atoms. The quantitative estimate of drug-likeness (QED) is 0.882. The Morgan fingerprint density at radius 3 is 2.95 bits per heavy atom. The van der Waals surface area contributed by atoms with Gasteiger partial charge in [0.15, 0.2) is 0 Å². The molecule has 0 unspecified atom stereocenters. The van der Waals surface area contributed by atoms with Gasteiger partial charge < -0.3 is 15.2 Å². The van der Waals surface area contributed by atoms with E-state index >= 15 is 0 Å². The number of aromatic nitrogens is 2. The summed E-state index contributed by atoms with van der Waals surface area (Å²) < 4.78 is 15.7. The molecule has 2 aromatic rings. The number of rotatable bonds is 5. The molecule has 0 saturated carbocycles. The first-order chi connectivity index (χ1) is 9.60. The summed E-state index contributed by atoms with van der Waals surface area (Å²) in [4.78, 5) is 15.1. The van der Waals surface area contributed by atoms with Gasteiger partial charge in [-0.25, -0.2) is 9.37 Å². The molecule has 20 heavy (non-hydrogen) atoms. The van der Waals surface area contributed by atoms with Gasteiger partial charge in [0.1, 0.15) is 5.82 Å². The molecule has 0 saturated heterocycles. The molecule has 0 fully saturated rings. The van der Waals surface area contributed by atoms with Gasteiger partial charge in [-0.05, 0) is 25.1 Å². The van der Waals surface area contributed by atoms with Crippen molar-refractivity contribution < 1.29 is 9.18 Å². The van der Waals surface area contributed by atoms with Crippen molar-refractivity contribution in [3.05, 3.63) is 42.2 Å². The largest absolute Gasteiger partial charge is 0.377 e. The Morgan fingerprint density at radius 2 is 2.25 bits per heavy atom. The van der Waals surface area contributed by atoms with Gasteiger partial charge in [0, 0.05) is 25.4 Å². The van der Waals surface area contributed by atoms with Crippen LogP contribution in [0.1, 0.15) is 19.5 Å². The second-order valence-electron chi connectivity index (χ2n) is 4.40. The SMILES string of the molecule is CCn1cncc1CNc1cc(NC(C)=O)ccc1F. The Balaban J connectivity index is 2.10. The molecule has 1 aromatic carbocycles. The third kappa shape index (κ3) is 3.34. The maximum absolute atomic E-state index is 13.7. The lowest BCUT2D eigenvalue weighted by Gasteiger charge is -2.11. The summed E-state index contributed by atoms with van der Waals surface area (Å²) in [5.74, 6) is -0.548.